The van der Waals surface area contributed by atoms with Gasteiger partial charge in [0.1, 0.15) is 0 Å². The molecule has 1 heterocycles. The SMILES string of the molecule is CC(C)C(S)C(=O)Nc1cccc2ncccc12. The van der Waals surface area contributed by atoms with Gasteiger partial charge in [-0.25, -0.2) is 0 Å². The summed E-state index contributed by atoms with van der Waals surface area (Å²) in [6, 6.07) is 9.49. The van der Waals surface area contributed by atoms with Crippen molar-refractivity contribution in [3.63, 3.8) is 0 Å². The molecule has 0 bridgehead atoms. The average molecular weight is 260 g/mol. The molecule has 1 aromatic heterocycles. The molecular formula is C14H16N2OS. The van der Waals surface area contributed by atoms with Gasteiger partial charge in [0.25, 0.3) is 0 Å². The summed E-state index contributed by atoms with van der Waals surface area (Å²) in [5.41, 5.74) is 1.65. The highest BCUT2D eigenvalue weighted by atomic mass is 32.1. The van der Waals surface area contributed by atoms with E-state index in [1.807, 2.05) is 44.2 Å². The normalized spacial score (nSPS) is 12.7. The van der Waals surface area contributed by atoms with Gasteiger partial charge in [0, 0.05) is 11.6 Å². The number of pyridine rings is 1. The fraction of sp³-hybridized carbons (Fsp3) is 0.286. The molecule has 0 radical (unpaired) electrons. The predicted octanol–water partition coefficient (Wildman–Crippen LogP) is 3.13. The van der Waals surface area contributed by atoms with Crippen molar-refractivity contribution >= 4 is 35.1 Å². The first-order valence-electron chi connectivity index (χ1n) is 5.92. The molecule has 3 nitrogen and oxygen atoms in total. The molecule has 18 heavy (non-hydrogen) atoms. The lowest BCUT2D eigenvalue weighted by molar-refractivity contribution is -0.116. The number of amides is 1. The first-order chi connectivity index (χ1) is 8.59. The van der Waals surface area contributed by atoms with Crippen LogP contribution in [-0.2, 0) is 4.79 Å². The highest BCUT2D eigenvalue weighted by Crippen LogP contribution is 2.22. The third kappa shape index (κ3) is 2.64. The molecule has 1 unspecified atom stereocenters. The van der Waals surface area contributed by atoms with Gasteiger partial charge < -0.3 is 5.32 Å². The standard InChI is InChI=1S/C14H16N2OS/c1-9(2)13(18)14(17)16-12-7-3-6-11-10(12)5-4-8-15-11/h3-9,13,18H,1-2H3,(H,16,17). The maximum atomic E-state index is 12.0. The van der Waals surface area contributed by atoms with Gasteiger partial charge in [-0.15, -0.1) is 0 Å². The van der Waals surface area contributed by atoms with Gasteiger partial charge in [0.15, 0.2) is 0 Å². The smallest absolute Gasteiger partial charge is 0.237 e. The van der Waals surface area contributed by atoms with Crippen molar-refractivity contribution in [3.8, 4) is 0 Å². The van der Waals surface area contributed by atoms with Crippen molar-refractivity contribution < 1.29 is 4.79 Å². The summed E-state index contributed by atoms with van der Waals surface area (Å²) in [4.78, 5) is 16.2. The van der Waals surface area contributed by atoms with Gasteiger partial charge in [-0.3, -0.25) is 9.78 Å². The van der Waals surface area contributed by atoms with Crippen molar-refractivity contribution in [2.75, 3.05) is 5.32 Å². The number of hydrogen-bond acceptors (Lipinski definition) is 3. The lowest BCUT2D eigenvalue weighted by Crippen LogP contribution is -2.27. The van der Waals surface area contributed by atoms with E-state index < -0.39 is 0 Å². The Morgan fingerprint density at radius 3 is 2.78 bits per heavy atom. The first-order valence-corrected chi connectivity index (χ1v) is 6.44. The second-order valence-electron chi connectivity index (χ2n) is 4.55. The van der Waals surface area contributed by atoms with E-state index in [1.165, 1.54) is 0 Å². The Hall–Kier alpha value is -1.55. The van der Waals surface area contributed by atoms with Crippen molar-refractivity contribution in [2.24, 2.45) is 5.92 Å². The van der Waals surface area contributed by atoms with Crippen LogP contribution in [0.5, 0.6) is 0 Å². The Morgan fingerprint density at radius 1 is 1.28 bits per heavy atom. The third-order valence-corrected chi connectivity index (χ3v) is 3.63. The van der Waals surface area contributed by atoms with E-state index in [0.717, 1.165) is 16.6 Å². The molecule has 1 N–H and O–H groups in total. The number of thiol groups is 1. The minimum Gasteiger partial charge on any atom is -0.324 e. The number of carbonyl (C=O) groups is 1. The molecule has 0 fully saturated rings. The van der Waals surface area contributed by atoms with Gasteiger partial charge >= 0.3 is 0 Å². The first kappa shape index (κ1) is 12.9. The highest BCUT2D eigenvalue weighted by molar-refractivity contribution is 7.81. The third-order valence-electron chi connectivity index (χ3n) is 2.80. The molecule has 4 heteroatoms. The van der Waals surface area contributed by atoms with Crippen molar-refractivity contribution in [1.82, 2.24) is 4.98 Å². The summed E-state index contributed by atoms with van der Waals surface area (Å²) >= 11 is 4.32. The van der Waals surface area contributed by atoms with Crippen molar-refractivity contribution in [1.29, 1.82) is 0 Å². The number of benzene rings is 1. The molecule has 2 rings (SSSR count). The van der Waals surface area contributed by atoms with Crippen LogP contribution in [0.25, 0.3) is 10.9 Å². The van der Waals surface area contributed by atoms with Crippen molar-refractivity contribution in [3.05, 3.63) is 36.5 Å². The predicted molar refractivity (Wildman–Crippen MR) is 78.0 cm³/mol. The summed E-state index contributed by atoms with van der Waals surface area (Å²) in [6.45, 7) is 3.95. The van der Waals surface area contributed by atoms with Crippen molar-refractivity contribution in [2.45, 2.75) is 19.1 Å². The molecule has 0 saturated carbocycles. The number of rotatable bonds is 3. The quantitative estimate of drug-likeness (QED) is 0.833. The highest BCUT2D eigenvalue weighted by Gasteiger charge is 2.18. The lowest BCUT2D eigenvalue weighted by Gasteiger charge is -2.15. The van der Waals surface area contributed by atoms with Crippen LogP contribution >= 0.6 is 12.6 Å². The van der Waals surface area contributed by atoms with E-state index in [0.29, 0.717) is 0 Å². The summed E-state index contributed by atoms with van der Waals surface area (Å²) in [5, 5.41) is 3.54. The minimum absolute atomic E-state index is 0.0790. The largest absolute Gasteiger partial charge is 0.324 e. The minimum atomic E-state index is -0.308. The second kappa shape index (κ2) is 5.40. The van der Waals surface area contributed by atoms with Crippen LogP contribution < -0.4 is 5.32 Å². The summed E-state index contributed by atoms with van der Waals surface area (Å²) in [7, 11) is 0. The van der Waals surface area contributed by atoms with Crippen LogP contribution in [0, 0.1) is 5.92 Å². The van der Waals surface area contributed by atoms with Gasteiger partial charge in [-0.05, 0) is 30.2 Å². The Morgan fingerprint density at radius 2 is 2.06 bits per heavy atom. The van der Waals surface area contributed by atoms with Crippen LogP contribution in [-0.4, -0.2) is 16.1 Å². The number of carbonyl (C=O) groups excluding carboxylic acids is 1. The Balaban J connectivity index is 2.30. The zero-order chi connectivity index (χ0) is 13.1. The van der Waals surface area contributed by atoms with Crippen LogP contribution in [0.1, 0.15) is 13.8 Å². The Labute approximate surface area is 112 Å². The maximum absolute atomic E-state index is 12.0. The molecule has 1 aromatic carbocycles. The molecule has 94 valence electrons. The number of anilines is 1. The van der Waals surface area contributed by atoms with E-state index in [9.17, 15) is 4.79 Å². The Bertz CT molecular complexity index is 563. The molecular weight excluding hydrogens is 244 g/mol. The van der Waals surface area contributed by atoms with Crippen LogP contribution in [0.2, 0.25) is 0 Å². The van der Waals surface area contributed by atoms with E-state index in [1.54, 1.807) is 6.20 Å². The molecule has 0 saturated heterocycles. The van der Waals surface area contributed by atoms with Gasteiger partial charge in [-0.2, -0.15) is 12.6 Å². The maximum Gasteiger partial charge on any atom is 0.237 e. The number of nitrogens with one attached hydrogen (secondary N) is 1. The molecule has 0 aliphatic rings. The Kier molecular flexibility index (Phi) is 3.87. The van der Waals surface area contributed by atoms with Gasteiger partial charge in [-0.1, -0.05) is 19.9 Å². The van der Waals surface area contributed by atoms with Crippen LogP contribution in [0.4, 0.5) is 5.69 Å². The monoisotopic (exact) mass is 260 g/mol. The number of hydrogen-bond donors (Lipinski definition) is 2. The summed E-state index contributed by atoms with van der Waals surface area (Å²) in [6.07, 6.45) is 1.74. The number of fused-ring (bicyclic) bond motifs is 1. The average Bonchev–Trinajstić information content (AvgIpc) is 2.38. The van der Waals surface area contributed by atoms with Crippen LogP contribution in [0.3, 0.4) is 0 Å². The van der Waals surface area contributed by atoms with Gasteiger partial charge in [0.2, 0.25) is 5.91 Å². The lowest BCUT2D eigenvalue weighted by atomic mass is 10.1. The fourth-order valence-corrected chi connectivity index (χ4v) is 1.79. The molecule has 0 spiro atoms. The molecule has 0 aliphatic carbocycles. The summed E-state index contributed by atoms with van der Waals surface area (Å²) < 4.78 is 0. The zero-order valence-electron chi connectivity index (χ0n) is 10.4. The van der Waals surface area contributed by atoms with E-state index in [4.69, 9.17) is 0 Å². The second-order valence-corrected chi connectivity index (χ2v) is 5.11. The van der Waals surface area contributed by atoms with E-state index in [2.05, 4.69) is 22.9 Å². The zero-order valence-corrected chi connectivity index (χ0v) is 11.3. The van der Waals surface area contributed by atoms with Crippen LogP contribution in [0.15, 0.2) is 36.5 Å². The topological polar surface area (TPSA) is 42.0 Å². The molecule has 1 atom stereocenters. The van der Waals surface area contributed by atoms with E-state index in [-0.39, 0.29) is 17.1 Å². The molecule has 1 amide bonds. The number of nitrogens with zero attached hydrogens (tertiary/aromatic N) is 1. The molecule has 0 aliphatic heterocycles. The van der Waals surface area contributed by atoms with E-state index >= 15 is 0 Å². The number of aromatic nitrogens is 1. The molecule has 2 aromatic rings. The summed E-state index contributed by atoms with van der Waals surface area (Å²) in [5.74, 6) is 0.117. The van der Waals surface area contributed by atoms with Gasteiger partial charge in [0.05, 0.1) is 16.5 Å². The fourth-order valence-electron chi connectivity index (χ4n) is 1.72.